The molecule has 2 aromatic carbocycles. The van der Waals surface area contributed by atoms with Gasteiger partial charge in [0.25, 0.3) is 11.5 Å². The lowest BCUT2D eigenvalue weighted by atomic mass is 10.1. The summed E-state index contributed by atoms with van der Waals surface area (Å²) in [6.07, 6.45) is 2.53. The topological polar surface area (TPSA) is 116 Å². The first-order valence-corrected chi connectivity index (χ1v) is 9.65. The highest BCUT2D eigenvalue weighted by Gasteiger charge is 2.17. The maximum atomic E-state index is 13.1. The van der Waals surface area contributed by atoms with Crippen LogP contribution in [-0.4, -0.2) is 42.8 Å². The van der Waals surface area contributed by atoms with E-state index in [1.54, 1.807) is 48.5 Å². The monoisotopic (exact) mass is 423 g/mol. The van der Waals surface area contributed by atoms with Crippen LogP contribution < -0.4 is 5.56 Å². The van der Waals surface area contributed by atoms with Crippen molar-refractivity contribution in [1.82, 2.24) is 19.7 Å². The number of nitrogens with zero attached hydrogens (tertiary/aromatic N) is 4. The summed E-state index contributed by atoms with van der Waals surface area (Å²) in [5.41, 5.74) is 0.315. The van der Waals surface area contributed by atoms with Gasteiger partial charge >= 0.3 is 0 Å². The van der Waals surface area contributed by atoms with Gasteiger partial charge in [0, 0.05) is 30.0 Å². The predicted molar refractivity (Wildman–Crippen MR) is 115 cm³/mol. The number of para-hydroxylation sites is 1. The van der Waals surface area contributed by atoms with Gasteiger partial charge in [-0.05, 0) is 24.6 Å². The molecule has 0 aliphatic carbocycles. The number of aliphatic hydroxyl groups is 1. The zero-order chi connectivity index (χ0) is 21.1. The Bertz CT molecular complexity index is 1300. The molecule has 0 aliphatic rings. The fourth-order valence-corrected chi connectivity index (χ4v) is 3.39. The first-order valence-electron chi connectivity index (χ1n) is 9.28. The van der Waals surface area contributed by atoms with Gasteiger partial charge in [0.05, 0.1) is 16.3 Å². The third-order valence-corrected chi connectivity index (χ3v) is 4.92. The molecule has 0 bridgehead atoms. The molecule has 30 heavy (non-hydrogen) atoms. The number of hydrogen-bond acceptors (Lipinski definition) is 6. The predicted octanol–water partition coefficient (Wildman–Crippen LogP) is 3.14. The molecule has 0 saturated heterocycles. The van der Waals surface area contributed by atoms with Crippen molar-refractivity contribution in [3.63, 3.8) is 0 Å². The number of nitrogens with one attached hydrogen (secondary N) is 1. The molecule has 152 valence electrons. The third-order valence-electron chi connectivity index (χ3n) is 4.60. The first kappa shape index (κ1) is 19.8. The molecule has 0 radical (unpaired) electrons. The molecule has 0 amide bonds. The van der Waals surface area contributed by atoms with E-state index >= 15 is 0 Å². The van der Waals surface area contributed by atoms with Crippen LogP contribution in [0.4, 0.5) is 5.95 Å². The van der Waals surface area contributed by atoms with Crippen LogP contribution in [0.1, 0.15) is 17.8 Å². The van der Waals surface area contributed by atoms with Crippen LogP contribution in [0.2, 0.25) is 5.02 Å². The quantitative estimate of drug-likeness (QED) is 0.412. The van der Waals surface area contributed by atoms with E-state index in [1.165, 1.54) is 6.21 Å². The number of aromatic nitrogens is 4. The Morgan fingerprint density at radius 1 is 1.13 bits per heavy atom. The maximum absolute atomic E-state index is 13.1. The van der Waals surface area contributed by atoms with E-state index < -0.39 is 5.56 Å². The van der Waals surface area contributed by atoms with Crippen molar-refractivity contribution in [2.24, 2.45) is 4.99 Å². The van der Waals surface area contributed by atoms with Crippen molar-refractivity contribution >= 4 is 34.5 Å². The van der Waals surface area contributed by atoms with Crippen LogP contribution in [0.25, 0.3) is 16.5 Å². The molecule has 9 heteroatoms. The van der Waals surface area contributed by atoms with Gasteiger partial charge in [0.2, 0.25) is 5.88 Å². The van der Waals surface area contributed by atoms with E-state index in [0.717, 1.165) is 4.57 Å². The highest BCUT2D eigenvalue weighted by atomic mass is 35.5. The van der Waals surface area contributed by atoms with Crippen LogP contribution in [0.15, 0.2) is 58.3 Å². The molecule has 0 unspecified atom stereocenters. The first-order chi connectivity index (χ1) is 14.6. The standard InChI is InChI=1S/C21H18ClN5O3/c22-16-8-3-4-9-17(16)27-19(29)14-7-2-1-6-13(14)15(20(27)30)12-23-21-24-18(25-26-21)10-5-11-28/h1-4,6-9,12,28,30H,5,10-11H2,(H,24,25,26)/b23-12+. The minimum Gasteiger partial charge on any atom is -0.494 e. The summed E-state index contributed by atoms with van der Waals surface area (Å²) in [4.78, 5) is 21.6. The van der Waals surface area contributed by atoms with E-state index in [4.69, 9.17) is 16.7 Å². The van der Waals surface area contributed by atoms with Gasteiger partial charge in [-0.3, -0.25) is 9.89 Å². The number of fused-ring (bicyclic) bond motifs is 1. The number of aliphatic hydroxyl groups excluding tert-OH is 1. The fraction of sp³-hybridized carbons (Fsp3) is 0.143. The normalized spacial score (nSPS) is 11.5. The summed E-state index contributed by atoms with van der Waals surface area (Å²) in [5.74, 6) is 0.500. The molecule has 0 aliphatic heterocycles. The Hall–Kier alpha value is -3.49. The zero-order valence-electron chi connectivity index (χ0n) is 15.8. The summed E-state index contributed by atoms with van der Waals surface area (Å²) in [7, 11) is 0. The van der Waals surface area contributed by atoms with Crippen molar-refractivity contribution in [3.8, 4) is 11.6 Å². The fourth-order valence-electron chi connectivity index (χ4n) is 3.17. The molecule has 3 N–H and O–H groups in total. The van der Waals surface area contributed by atoms with Gasteiger partial charge in [-0.15, -0.1) is 5.10 Å². The molecular weight excluding hydrogens is 406 g/mol. The van der Waals surface area contributed by atoms with Crippen molar-refractivity contribution in [2.45, 2.75) is 12.8 Å². The van der Waals surface area contributed by atoms with Crippen LogP contribution in [-0.2, 0) is 6.42 Å². The molecule has 0 atom stereocenters. The van der Waals surface area contributed by atoms with Crippen molar-refractivity contribution in [3.05, 3.63) is 75.3 Å². The van der Waals surface area contributed by atoms with Gasteiger partial charge in [-0.25, -0.2) is 9.56 Å². The Balaban J connectivity index is 1.86. The van der Waals surface area contributed by atoms with Gasteiger partial charge in [0.15, 0.2) is 0 Å². The molecule has 4 rings (SSSR count). The number of aryl methyl sites for hydroxylation is 1. The Morgan fingerprint density at radius 3 is 2.63 bits per heavy atom. The number of H-pyrrole nitrogens is 1. The number of halogens is 1. The molecule has 2 heterocycles. The number of pyridine rings is 1. The van der Waals surface area contributed by atoms with Gasteiger partial charge < -0.3 is 10.2 Å². The highest BCUT2D eigenvalue weighted by Crippen LogP contribution is 2.29. The van der Waals surface area contributed by atoms with Crippen LogP contribution in [0.3, 0.4) is 0 Å². The summed E-state index contributed by atoms with van der Waals surface area (Å²) in [6, 6.07) is 13.7. The smallest absolute Gasteiger partial charge is 0.268 e. The molecule has 0 saturated carbocycles. The highest BCUT2D eigenvalue weighted by molar-refractivity contribution is 6.32. The maximum Gasteiger partial charge on any atom is 0.268 e. The molecular formula is C21H18ClN5O3. The van der Waals surface area contributed by atoms with E-state index in [0.29, 0.717) is 45.7 Å². The van der Waals surface area contributed by atoms with E-state index in [-0.39, 0.29) is 18.4 Å². The average Bonchev–Trinajstić information content (AvgIpc) is 3.21. The number of aliphatic imine (C=N–C) groups is 1. The lowest BCUT2D eigenvalue weighted by Gasteiger charge is -2.14. The van der Waals surface area contributed by atoms with Crippen molar-refractivity contribution in [1.29, 1.82) is 0 Å². The summed E-state index contributed by atoms with van der Waals surface area (Å²) < 4.78 is 1.16. The van der Waals surface area contributed by atoms with Crippen LogP contribution in [0.5, 0.6) is 5.88 Å². The van der Waals surface area contributed by atoms with Crippen LogP contribution in [0, 0.1) is 0 Å². The van der Waals surface area contributed by atoms with Crippen molar-refractivity contribution in [2.75, 3.05) is 6.61 Å². The number of hydrogen-bond donors (Lipinski definition) is 3. The minimum atomic E-state index is -0.391. The molecule has 0 spiro atoms. The van der Waals surface area contributed by atoms with E-state index in [9.17, 15) is 9.90 Å². The summed E-state index contributed by atoms with van der Waals surface area (Å²) in [6.45, 7) is 0.0583. The molecule has 2 aromatic heterocycles. The Morgan fingerprint density at radius 2 is 1.87 bits per heavy atom. The zero-order valence-corrected chi connectivity index (χ0v) is 16.5. The SMILES string of the molecule is O=c1c2ccccc2c(/C=N/c2n[nH]c(CCCO)n2)c(O)n1-c1ccccc1Cl. The average molecular weight is 424 g/mol. The number of aromatic amines is 1. The van der Waals surface area contributed by atoms with Gasteiger partial charge in [0.1, 0.15) is 5.82 Å². The Labute approximate surface area is 176 Å². The van der Waals surface area contributed by atoms with Gasteiger partial charge in [-0.1, -0.05) is 41.9 Å². The second-order valence-electron chi connectivity index (χ2n) is 6.54. The molecule has 0 fully saturated rings. The summed E-state index contributed by atoms with van der Waals surface area (Å²) >= 11 is 6.28. The Kier molecular flexibility index (Phi) is 5.60. The molecule has 4 aromatic rings. The van der Waals surface area contributed by atoms with E-state index in [1.807, 2.05) is 0 Å². The third kappa shape index (κ3) is 3.70. The van der Waals surface area contributed by atoms with Crippen LogP contribution >= 0.6 is 11.6 Å². The number of aromatic hydroxyl groups is 1. The van der Waals surface area contributed by atoms with E-state index in [2.05, 4.69) is 20.2 Å². The van der Waals surface area contributed by atoms with Gasteiger partial charge in [-0.2, -0.15) is 4.98 Å². The molecule has 8 nitrogen and oxygen atoms in total. The largest absolute Gasteiger partial charge is 0.494 e. The lowest BCUT2D eigenvalue weighted by molar-refractivity contribution is 0.287. The number of benzene rings is 2. The van der Waals surface area contributed by atoms with Crippen molar-refractivity contribution < 1.29 is 10.2 Å². The lowest BCUT2D eigenvalue weighted by Crippen LogP contribution is -2.20. The minimum absolute atomic E-state index is 0.0583. The second kappa shape index (κ2) is 8.48. The summed E-state index contributed by atoms with van der Waals surface area (Å²) in [5, 5.41) is 28.0. The second-order valence-corrected chi connectivity index (χ2v) is 6.95. The number of rotatable bonds is 6.